The maximum atomic E-state index is 11.7. The van der Waals surface area contributed by atoms with Crippen LogP contribution in [0.25, 0.3) is 16.2 Å². The maximum absolute atomic E-state index is 11.7. The SMILES string of the molecule is O=C(Cn1cc(Nc2nn3cc(-c4ccc(Cl)cc4)nc3s2)cn1)NCCO. The molecule has 0 atom stereocenters. The molecule has 1 aromatic carbocycles. The molecule has 0 unspecified atom stereocenters. The van der Waals surface area contributed by atoms with Crippen LogP contribution in [0.2, 0.25) is 5.02 Å². The second kappa shape index (κ2) is 7.97. The average molecular weight is 418 g/mol. The van der Waals surface area contributed by atoms with E-state index >= 15 is 0 Å². The summed E-state index contributed by atoms with van der Waals surface area (Å²) >= 11 is 7.33. The van der Waals surface area contributed by atoms with E-state index in [9.17, 15) is 4.79 Å². The molecule has 4 aromatic rings. The largest absolute Gasteiger partial charge is 0.395 e. The minimum Gasteiger partial charge on any atom is -0.395 e. The van der Waals surface area contributed by atoms with Crippen LogP contribution in [0, 0.1) is 0 Å². The Kier molecular flexibility index (Phi) is 5.24. The zero-order valence-corrected chi connectivity index (χ0v) is 16.1. The van der Waals surface area contributed by atoms with Crippen LogP contribution in [0.3, 0.4) is 0 Å². The Morgan fingerprint density at radius 2 is 2.07 bits per heavy atom. The molecule has 4 rings (SSSR count). The highest BCUT2D eigenvalue weighted by molar-refractivity contribution is 7.20. The van der Waals surface area contributed by atoms with E-state index in [1.54, 1.807) is 16.9 Å². The van der Waals surface area contributed by atoms with Crippen LogP contribution in [0.1, 0.15) is 0 Å². The third kappa shape index (κ3) is 4.14. The first-order chi connectivity index (χ1) is 13.6. The lowest BCUT2D eigenvalue weighted by molar-refractivity contribution is -0.122. The standard InChI is InChI=1S/C17H16ClN7O2S/c18-12-3-1-11(2-4-12)14-9-25-17(22-14)28-16(23-25)21-13-7-20-24(8-13)10-15(27)19-5-6-26/h1-4,7-9,26H,5-6,10H2,(H,19,27)(H,21,23). The van der Waals surface area contributed by atoms with Crippen molar-refractivity contribution in [2.45, 2.75) is 6.54 Å². The number of hydrogen-bond donors (Lipinski definition) is 3. The summed E-state index contributed by atoms with van der Waals surface area (Å²) in [5.74, 6) is -0.217. The van der Waals surface area contributed by atoms with Gasteiger partial charge in [-0.05, 0) is 12.1 Å². The predicted octanol–water partition coefficient (Wildman–Crippen LogP) is 2.16. The summed E-state index contributed by atoms with van der Waals surface area (Å²) in [4.78, 5) is 17.0. The number of hydrogen-bond acceptors (Lipinski definition) is 7. The number of nitrogens with zero attached hydrogens (tertiary/aromatic N) is 5. The first-order valence-electron chi connectivity index (χ1n) is 8.40. The van der Waals surface area contributed by atoms with Gasteiger partial charge in [0.2, 0.25) is 16.0 Å². The van der Waals surface area contributed by atoms with Crippen LogP contribution in [0.5, 0.6) is 0 Å². The summed E-state index contributed by atoms with van der Waals surface area (Å²) in [6.45, 7) is 0.207. The van der Waals surface area contributed by atoms with Crippen molar-refractivity contribution < 1.29 is 9.90 Å². The number of carbonyl (C=O) groups excluding carboxylic acids is 1. The van der Waals surface area contributed by atoms with E-state index in [1.807, 2.05) is 30.5 Å². The quantitative estimate of drug-likeness (QED) is 0.425. The molecule has 0 aliphatic rings. The molecule has 28 heavy (non-hydrogen) atoms. The molecule has 11 heteroatoms. The number of carbonyl (C=O) groups is 1. The van der Waals surface area contributed by atoms with Gasteiger partial charge in [-0.25, -0.2) is 9.50 Å². The van der Waals surface area contributed by atoms with Crippen LogP contribution >= 0.6 is 22.9 Å². The molecular formula is C17H16ClN7O2S. The Hall–Kier alpha value is -2.95. The number of aliphatic hydroxyl groups is 1. The molecular weight excluding hydrogens is 402 g/mol. The van der Waals surface area contributed by atoms with E-state index < -0.39 is 0 Å². The number of fused-ring (bicyclic) bond motifs is 1. The van der Waals surface area contributed by atoms with Gasteiger partial charge in [-0.3, -0.25) is 9.48 Å². The zero-order chi connectivity index (χ0) is 19.5. The van der Waals surface area contributed by atoms with Gasteiger partial charge in [-0.2, -0.15) is 5.10 Å². The predicted molar refractivity (Wildman–Crippen MR) is 107 cm³/mol. The Bertz CT molecular complexity index is 1070. The van der Waals surface area contributed by atoms with E-state index in [4.69, 9.17) is 16.7 Å². The fourth-order valence-electron chi connectivity index (χ4n) is 2.55. The number of imidazole rings is 1. The van der Waals surface area contributed by atoms with E-state index in [0.717, 1.165) is 16.2 Å². The van der Waals surface area contributed by atoms with Gasteiger partial charge in [0.15, 0.2) is 0 Å². The molecule has 0 saturated heterocycles. The van der Waals surface area contributed by atoms with Crippen LogP contribution in [-0.2, 0) is 11.3 Å². The number of amides is 1. The number of nitrogens with one attached hydrogen (secondary N) is 2. The lowest BCUT2D eigenvalue weighted by atomic mass is 10.2. The Morgan fingerprint density at radius 3 is 2.82 bits per heavy atom. The van der Waals surface area contributed by atoms with Crippen molar-refractivity contribution in [2.75, 3.05) is 18.5 Å². The van der Waals surface area contributed by atoms with Gasteiger partial charge in [0.1, 0.15) is 6.54 Å². The van der Waals surface area contributed by atoms with E-state index in [1.165, 1.54) is 16.0 Å². The van der Waals surface area contributed by atoms with Gasteiger partial charge >= 0.3 is 0 Å². The van der Waals surface area contributed by atoms with Gasteiger partial charge in [0, 0.05) is 23.3 Å². The van der Waals surface area contributed by atoms with Crippen molar-refractivity contribution in [1.82, 2.24) is 29.7 Å². The topological polar surface area (TPSA) is 109 Å². The van der Waals surface area contributed by atoms with Crippen LogP contribution in [-0.4, -0.2) is 48.5 Å². The van der Waals surface area contributed by atoms with Crippen molar-refractivity contribution in [3.63, 3.8) is 0 Å². The number of aromatic nitrogens is 5. The lowest BCUT2D eigenvalue weighted by Gasteiger charge is -2.02. The Morgan fingerprint density at radius 1 is 1.25 bits per heavy atom. The molecule has 1 amide bonds. The van der Waals surface area contributed by atoms with E-state index in [-0.39, 0.29) is 25.6 Å². The molecule has 0 aliphatic heterocycles. The second-order valence-corrected chi connectivity index (χ2v) is 7.28. The third-order valence-corrected chi connectivity index (χ3v) is 4.90. The molecule has 0 spiro atoms. The van der Waals surface area contributed by atoms with E-state index in [2.05, 4.69) is 25.8 Å². The third-order valence-electron chi connectivity index (χ3n) is 3.81. The number of aliphatic hydroxyl groups excluding tert-OH is 1. The fraction of sp³-hybridized carbons (Fsp3) is 0.176. The van der Waals surface area contributed by atoms with Gasteiger partial charge < -0.3 is 15.7 Å². The summed E-state index contributed by atoms with van der Waals surface area (Å²) < 4.78 is 3.22. The molecule has 0 radical (unpaired) electrons. The van der Waals surface area contributed by atoms with Crippen molar-refractivity contribution in [1.29, 1.82) is 0 Å². The van der Waals surface area contributed by atoms with Gasteiger partial charge in [0.05, 0.1) is 30.4 Å². The molecule has 0 bridgehead atoms. The van der Waals surface area contributed by atoms with Crippen LogP contribution in [0.15, 0.2) is 42.9 Å². The molecule has 0 aliphatic carbocycles. The van der Waals surface area contributed by atoms with Gasteiger partial charge in [-0.1, -0.05) is 35.1 Å². The van der Waals surface area contributed by atoms with Gasteiger partial charge in [-0.15, -0.1) is 5.10 Å². The summed E-state index contributed by atoms with van der Waals surface area (Å²) in [5.41, 5.74) is 2.51. The van der Waals surface area contributed by atoms with E-state index in [0.29, 0.717) is 15.8 Å². The fourth-order valence-corrected chi connectivity index (χ4v) is 3.47. The highest BCUT2D eigenvalue weighted by Crippen LogP contribution is 2.27. The summed E-state index contributed by atoms with van der Waals surface area (Å²) in [7, 11) is 0. The van der Waals surface area contributed by atoms with Crippen molar-refractivity contribution in [3.05, 3.63) is 47.9 Å². The molecule has 3 heterocycles. The number of halogens is 1. The second-order valence-electron chi connectivity index (χ2n) is 5.89. The first kappa shape index (κ1) is 18.4. The normalized spacial score (nSPS) is 11.1. The molecule has 3 N–H and O–H groups in total. The van der Waals surface area contributed by atoms with Crippen LogP contribution < -0.4 is 10.6 Å². The Labute approximate surface area is 168 Å². The van der Waals surface area contributed by atoms with Gasteiger partial charge in [0.25, 0.3) is 0 Å². The summed E-state index contributed by atoms with van der Waals surface area (Å²) in [5, 5.41) is 24.4. The smallest absolute Gasteiger partial charge is 0.241 e. The number of anilines is 2. The summed E-state index contributed by atoms with van der Waals surface area (Å²) in [6.07, 6.45) is 5.18. The van der Waals surface area contributed by atoms with Crippen molar-refractivity contribution in [2.24, 2.45) is 0 Å². The molecule has 144 valence electrons. The zero-order valence-electron chi connectivity index (χ0n) is 14.5. The molecule has 9 nitrogen and oxygen atoms in total. The maximum Gasteiger partial charge on any atom is 0.241 e. The molecule has 0 saturated carbocycles. The highest BCUT2D eigenvalue weighted by Gasteiger charge is 2.11. The minimum absolute atomic E-state index is 0.0767. The molecule has 0 fully saturated rings. The average Bonchev–Trinajstić information content (AvgIpc) is 3.36. The number of rotatable bonds is 7. The monoisotopic (exact) mass is 417 g/mol. The van der Waals surface area contributed by atoms with Crippen LogP contribution in [0.4, 0.5) is 10.8 Å². The van der Waals surface area contributed by atoms with Crippen molar-refractivity contribution >= 4 is 44.6 Å². The summed E-state index contributed by atoms with van der Waals surface area (Å²) in [6, 6.07) is 7.48. The van der Waals surface area contributed by atoms with Crippen molar-refractivity contribution in [3.8, 4) is 11.3 Å². The Balaban J connectivity index is 1.43. The highest BCUT2D eigenvalue weighted by atomic mass is 35.5. The molecule has 3 aromatic heterocycles. The minimum atomic E-state index is -0.217. The lowest BCUT2D eigenvalue weighted by Crippen LogP contribution is -2.30. The number of benzene rings is 1. The first-order valence-corrected chi connectivity index (χ1v) is 9.59.